The molecule has 0 aliphatic heterocycles. The maximum absolute atomic E-state index is 4.15. The van der Waals surface area contributed by atoms with Gasteiger partial charge in [-0.05, 0) is 51.0 Å². The average Bonchev–Trinajstić information content (AvgIpc) is 2.35. The summed E-state index contributed by atoms with van der Waals surface area (Å²) in [6.07, 6.45) is 4.95. The minimum atomic E-state index is 0.588. The first-order valence-electron chi connectivity index (χ1n) is 6.89. The average molecular weight is 249 g/mol. The first kappa shape index (κ1) is 15.1. The normalized spacial score (nSPS) is 13.2. The molecule has 1 aromatic heterocycles. The molecule has 0 bridgehead atoms. The first-order chi connectivity index (χ1) is 8.59. The van der Waals surface area contributed by atoms with Crippen molar-refractivity contribution in [1.82, 2.24) is 15.2 Å². The molecule has 0 aromatic carbocycles. The van der Waals surface area contributed by atoms with Gasteiger partial charge < -0.3 is 5.32 Å². The minimum Gasteiger partial charge on any atom is -0.316 e. The number of pyridine rings is 1. The summed E-state index contributed by atoms with van der Waals surface area (Å²) in [6.45, 7) is 9.94. The van der Waals surface area contributed by atoms with Crippen LogP contribution in [0.2, 0.25) is 0 Å². The fourth-order valence-corrected chi connectivity index (χ4v) is 1.86. The third kappa shape index (κ3) is 6.12. The van der Waals surface area contributed by atoms with Crippen LogP contribution in [0.3, 0.4) is 0 Å². The molecule has 0 fully saturated rings. The molecule has 0 aliphatic carbocycles. The highest BCUT2D eigenvalue weighted by atomic mass is 15.1. The van der Waals surface area contributed by atoms with Crippen molar-refractivity contribution in [2.75, 3.05) is 20.1 Å². The molecule has 1 heterocycles. The summed E-state index contributed by atoms with van der Waals surface area (Å²) in [6, 6.07) is 4.72. The zero-order valence-electron chi connectivity index (χ0n) is 12.2. The first-order valence-corrected chi connectivity index (χ1v) is 6.89. The molecule has 1 unspecified atom stereocenters. The van der Waals surface area contributed by atoms with Crippen molar-refractivity contribution in [2.24, 2.45) is 5.92 Å². The number of aromatic nitrogens is 1. The third-order valence-corrected chi connectivity index (χ3v) is 3.20. The van der Waals surface area contributed by atoms with Gasteiger partial charge in [0, 0.05) is 25.0 Å². The monoisotopic (exact) mass is 249 g/mol. The SMILES string of the molecule is CC(C)CNCCC(C)N(C)Cc1cccnc1. The topological polar surface area (TPSA) is 28.2 Å². The van der Waals surface area contributed by atoms with Gasteiger partial charge >= 0.3 is 0 Å². The number of nitrogens with zero attached hydrogens (tertiary/aromatic N) is 2. The third-order valence-electron chi connectivity index (χ3n) is 3.20. The molecule has 0 saturated carbocycles. The molecule has 0 aliphatic rings. The van der Waals surface area contributed by atoms with E-state index < -0.39 is 0 Å². The van der Waals surface area contributed by atoms with Crippen LogP contribution in [0, 0.1) is 5.92 Å². The van der Waals surface area contributed by atoms with Gasteiger partial charge in [0.05, 0.1) is 0 Å². The van der Waals surface area contributed by atoms with Crippen LogP contribution < -0.4 is 5.32 Å². The van der Waals surface area contributed by atoms with E-state index in [2.05, 4.69) is 49.1 Å². The molecule has 3 nitrogen and oxygen atoms in total. The molecular formula is C15H27N3. The molecule has 102 valence electrons. The zero-order chi connectivity index (χ0) is 13.4. The molecule has 1 atom stereocenters. The summed E-state index contributed by atoms with van der Waals surface area (Å²) in [5.41, 5.74) is 1.28. The Balaban J connectivity index is 2.22. The van der Waals surface area contributed by atoms with Gasteiger partial charge in [-0.15, -0.1) is 0 Å². The van der Waals surface area contributed by atoms with E-state index in [0.29, 0.717) is 6.04 Å². The van der Waals surface area contributed by atoms with Gasteiger partial charge in [-0.25, -0.2) is 0 Å². The van der Waals surface area contributed by atoms with E-state index in [1.165, 1.54) is 12.0 Å². The second-order valence-corrected chi connectivity index (χ2v) is 5.51. The largest absolute Gasteiger partial charge is 0.316 e. The lowest BCUT2D eigenvalue weighted by atomic mass is 10.1. The van der Waals surface area contributed by atoms with Crippen LogP contribution in [0.1, 0.15) is 32.8 Å². The van der Waals surface area contributed by atoms with E-state index in [1.54, 1.807) is 0 Å². The van der Waals surface area contributed by atoms with Crippen molar-refractivity contribution in [2.45, 2.75) is 39.8 Å². The Bertz CT molecular complexity index is 311. The van der Waals surface area contributed by atoms with E-state index in [0.717, 1.165) is 25.6 Å². The van der Waals surface area contributed by atoms with Crippen LogP contribution in [0.25, 0.3) is 0 Å². The maximum Gasteiger partial charge on any atom is 0.0312 e. The van der Waals surface area contributed by atoms with Crippen molar-refractivity contribution in [3.05, 3.63) is 30.1 Å². The molecule has 1 rings (SSSR count). The lowest BCUT2D eigenvalue weighted by molar-refractivity contribution is 0.236. The lowest BCUT2D eigenvalue weighted by Gasteiger charge is -2.25. The molecule has 0 saturated heterocycles. The van der Waals surface area contributed by atoms with Gasteiger partial charge in [-0.1, -0.05) is 19.9 Å². The van der Waals surface area contributed by atoms with Crippen molar-refractivity contribution in [3.63, 3.8) is 0 Å². The standard InChI is InChI=1S/C15H27N3/c1-13(2)10-17-9-7-14(3)18(4)12-15-6-5-8-16-11-15/h5-6,8,11,13-14,17H,7,9-10,12H2,1-4H3. The Labute approximate surface area is 112 Å². The molecule has 0 amide bonds. The van der Waals surface area contributed by atoms with Gasteiger partial charge in [-0.3, -0.25) is 9.88 Å². The maximum atomic E-state index is 4.15. The van der Waals surface area contributed by atoms with Crippen molar-refractivity contribution >= 4 is 0 Å². The van der Waals surface area contributed by atoms with Crippen LogP contribution >= 0.6 is 0 Å². The van der Waals surface area contributed by atoms with E-state index >= 15 is 0 Å². The number of nitrogens with one attached hydrogen (secondary N) is 1. The van der Waals surface area contributed by atoms with Crippen molar-refractivity contribution in [1.29, 1.82) is 0 Å². The molecule has 3 heteroatoms. The number of rotatable bonds is 8. The van der Waals surface area contributed by atoms with E-state index in [4.69, 9.17) is 0 Å². The van der Waals surface area contributed by atoms with E-state index in [9.17, 15) is 0 Å². The van der Waals surface area contributed by atoms with Crippen molar-refractivity contribution in [3.8, 4) is 0 Å². The van der Waals surface area contributed by atoms with Gasteiger partial charge in [0.1, 0.15) is 0 Å². The summed E-state index contributed by atoms with van der Waals surface area (Å²) in [5.74, 6) is 0.730. The highest BCUT2D eigenvalue weighted by molar-refractivity contribution is 5.08. The predicted octanol–water partition coefficient (Wildman–Crippen LogP) is 2.54. The number of hydrogen-bond acceptors (Lipinski definition) is 3. The fourth-order valence-electron chi connectivity index (χ4n) is 1.86. The number of hydrogen-bond donors (Lipinski definition) is 1. The Kier molecular flexibility index (Phi) is 6.91. The Morgan fingerprint density at radius 1 is 1.33 bits per heavy atom. The van der Waals surface area contributed by atoms with Crippen LogP contribution in [0.15, 0.2) is 24.5 Å². The quantitative estimate of drug-likeness (QED) is 0.718. The highest BCUT2D eigenvalue weighted by Crippen LogP contribution is 2.06. The van der Waals surface area contributed by atoms with Crippen LogP contribution in [0.4, 0.5) is 0 Å². The van der Waals surface area contributed by atoms with Gasteiger partial charge in [0.2, 0.25) is 0 Å². The van der Waals surface area contributed by atoms with Crippen LogP contribution in [-0.2, 0) is 6.54 Å². The Morgan fingerprint density at radius 3 is 2.72 bits per heavy atom. The predicted molar refractivity (Wildman–Crippen MR) is 77.5 cm³/mol. The Morgan fingerprint density at radius 2 is 2.11 bits per heavy atom. The smallest absolute Gasteiger partial charge is 0.0312 e. The Hall–Kier alpha value is -0.930. The molecule has 18 heavy (non-hydrogen) atoms. The summed E-state index contributed by atoms with van der Waals surface area (Å²) >= 11 is 0. The van der Waals surface area contributed by atoms with Gasteiger partial charge in [0.25, 0.3) is 0 Å². The summed E-state index contributed by atoms with van der Waals surface area (Å²) in [5, 5.41) is 3.50. The summed E-state index contributed by atoms with van der Waals surface area (Å²) in [4.78, 5) is 6.54. The van der Waals surface area contributed by atoms with Crippen LogP contribution in [-0.4, -0.2) is 36.1 Å². The highest BCUT2D eigenvalue weighted by Gasteiger charge is 2.09. The second kappa shape index (κ2) is 8.22. The van der Waals surface area contributed by atoms with Crippen LogP contribution in [0.5, 0.6) is 0 Å². The lowest BCUT2D eigenvalue weighted by Crippen LogP contribution is -2.32. The fraction of sp³-hybridized carbons (Fsp3) is 0.667. The second-order valence-electron chi connectivity index (χ2n) is 5.51. The molecule has 1 aromatic rings. The summed E-state index contributed by atoms with van der Waals surface area (Å²) < 4.78 is 0. The molecular weight excluding hydrogens is 222 g/mol. The minimum absolute atomic E-state index is 0.588. The van der Waals surface area contributed by atoms with E-state index in [1.807, 2.05) is 18.5 Å². The molecule has 0 radical (unpaired) electrons. The molecule has 0 spiro atoms. The van der Waals surface area contributed by atoms with Gasteiger partial charge in [0.15, 0.2) is 0 Å². The summed E-state index contributed by atoms with van der Waals surface area (Å²) in [7, 11) is 2.18. The molecule has 1 N–H and O–H groups in total. The zero-order valence-corrected chi connectivity index (χ0v) is 12.2. The van der Waals surface area contributed by atoms with E-state index in [-0.39, 0.29) is 0 Å². The van der Waals surface area contributed by atoms with Crippen molar-refractivity contribution < 1.29 is 0 Å². The van der Waals surface area contributed by atoms with Gasteiger partial charge in [-0.2, -0.15) is 0 Å².